The van der Waals surface area contributed by atoms with Crippen molar-refractivity contribution in [3.05, 3.63) is 109 Å². The first-order valence-electron chi connectivity index (χ1n) is 13.8. The molecule has 1 aromatic heterocycles. The van der Waals surface area contributed by atoms with E-state index in [1.54, 1.807) is 47.9 Å². The number of hydrogen-bond donors (Lipinski definition) is 1. The Balaban J connectivity index is 1.48. The first-order valence-corrected chi connectivity index (χ1v) is 15.8. The molecular formula is C34H31BrClN3O2S. The molecule has 0 bridgehead atoms. The Kier molecular flexibility index (Phi) is 9.17. The van der Waals surface area contributed by atoms with Crippen LogP contribution in [0.15, 0.2) is 76.2 Å². The number of halogens is 2. The van der Waals surface area contributed by atoms with Crippen LogP contribution in [0.3, 0.4) is 0 Å². The summed E-state index contributed by atoms with van der Waals surface area (Å²) in [5, 5.41) is 13.8. The fourth-order valence-electron chi connectivity index (χ4n) is 5.15. The molecule has 0 spiro atoms. The molecular weight excluding hydrogens is 630 g/mol. The second-order valence-electron chi connectivity index (χ2n) is 11.4. The molecule has 3 aromatic carbocycles. The molecule has 1 N–H and O–H groups in total. The minimum Gasteiger partial charge on any atom is -0.488 e. The SMILES string of the molecule is CC(C)(C)[C@H]1CCc2c(sc(N=Cc3cc(Br)ccc3OCc3ccccc3C#N)c2C(=O)Nc2ccc(Cl)cc2)C1. The number of carbonyl (C=O) groups is 1. The molecule has 214 valence electrons. The van der Waals surface area contributed by atoms with Gasteiger partial charge in [-0.2, -0.15) is 5.26 Å². The van der Waals surface area contributed by atoms with E-state index in [0.29, 0.717) is 38.5 Å². The van der Waals surface area contributed by atoms with Crippen molar-refractivity contribution in [1.29, 1.82) is 5.26 Å². The van der Waals surface area contributed by atoms with Crippen LogP contribution in [0.1, 0.15) is 64.7 Å². The normalized spacial score (nSPS) is 14.8. The maximum Gasteiger partial charge on any atom is 0.259 e. The molecule has 42 heavy (non-hydrogen) atoms. The zero-order chi connectivity index (χ0) is 29.9. The zero-order valence-corrected chi connectivity index (χ0v) is 26.9. The largest absolute Gasteiger partial charge is 0.488 e. The summed E-state index contributed by atoms with van der Waals surface area (Å²) in [6.45, 7) is 7.11. The van der Waals surface area contributed by atoms with Gasteiger partial charge in [-0.3, -0.25) is 4.79 Å². The van der Waals surface area contributed by atoms with Crippen molar-refractivity contribution in [3.63, 3.8) is 0 Å². The number of ether oxygens (including phenoxy) is 1. The van der Waals surface area contributed by atoms with Crippen molar-refractivity contribution in [2.24, 2.45) is 16.3 Å². The van der Waals surface area contributed by atoms with E-state index in [0.717, 1.165) is 40.4 Å². The smallest absolute Gasteiger partial charge is 0.259 e. The lowest BCUT2D eigenvalue weighted by atomic mass is 9.72. The molecule has 5 nitrogen and oxygen atoms in total. The lowest BCUT2D eigenvalue weighted by molar-refractivity contribution is 0.102. The van der Waals surface area contributed by atoms with E-state index in [2.05, 4.69) is 48.1 Å². The summed E-state index contributed by atoms with van der Waals surface area (Å²) in [6, 6.07) is 22.5. The van der Waals surface area contributed by atoms with Gasteiger partial charge >= 0.3 is 0 Å². The molecule has 1 amide bonds. The molecule has 0 radical (unpaired) electrons. The second kappa shape index (κ2) is 12.8. The van der Waals surface area contributed by atoms with Crippen LogP contribution < -0.4 is 10.1 Å². The molecule has 1 aliphatic carbocycles. The number of amides is 1. The molecule has 1 heterocycles. The molecule has 0 saturated heterocycles. The van der Waals surface area contributed by atoms with Crippen LogP contribution in [-0.2, 0) is 19.4 Å². The summed E-state index contributed by atoms with van der Waals surface area (Å²) in [4.78, 5) is 19.8. The quantitative estimate of drug-likeness (QED) is 0.201. The molecule has 4 aromatic rings. The van der Waals surface area contributed by atoms with Crippen molar-refractivity contribution in [3.8, 4) is 11.8 Å². The number of benzene rings is 3. The Morgan fingerprint density at radius 3 is 2.69 bits per heavy atom. The minimum absolute atomic E-state index is 0.171. The molecule has 8 heteroatoms. The van der Waals surface area contributed by atoms with Gasteiger partial charge in [0.1, 0.15) is 17.4 Å². The van der Waals surface area contributed by atoms with Gasteiger partial charge in [-0.1, -0.05) is 66.5 Å². The first-order chi connectivity index (χ1) is 20.1. The van der Waals surface area contributed by atoms with Gasteiger partial charge in [0.05, 0.1) is 17.2 Å². The van der Waals surface area contributed by atoms with Gasteiger partial charge in [-0.15, -0.1) is 11.3 Å². The summed E-state index contributed by atoms with van der Waals surface area (Å²) in [7, 11) is 0. The van der Waals surface area contributed by atoms with Crippen molar-refractivity contribution in [2.75, 3.05) is 5.32 Å². The molecule has 0 saturated carbocycles. The Morgan fingerprint density at radius 1 is 1.19 bits per heavy atom. The van der Waals surface area contributed by atoms with E-state index in [-0.39, 0.29) is 17.9 Å². The van der Waals surface area contributed by atoms with Crippen molar-refractivity contribution < 1.29 is 9.53 Å². The van der Waals surface area contributed by atoms with Crippen LogP contribution in [0.4, 0.5) is 10.7 Å². The summed E-state index contributed by atoms with van der Waals surface area (Å²) >= 11 is 11.2. The Labute approximate surface area is 264 Å². The third-order valence-corrected chi connectivity index (χ3v) is 9.52. The average Bonchev–Trinajstić information content (AvgIpc) is 3.34. The third kappa shape index (κ3) is 6.95. The number of anilines is 1. The predicted octanol–water partition coefficient (Wildman–Crippen LogP) is 9.77. The van der Waals surface area contributed by atoms with E-state index in [4.69, 9.17) is 21.3 Å². The molecule has 0 aliphatic heterocycles. The first kappa shape index (κ1) is 30.0. The monoisotopic (exact) mass is 659 g/mol. The average molecular weight is 661 g/mol. The third-order valence-electron chi connectivity index (χ3n) is 7.61. The second-order valence-corrected chi connectivity index (χ2v) is 13.9. The Bertz CT molecular complexity index is 1680. The van der Waals surface area contributed by atoms with Gasteiger partial charge in [-0.05, 0) is 84.7 Å². The fourth-order valence-corrected chi connectivity index (χ4v) is 6.93. The number of rotatable bonds is 7. The number of carbonyl (C=O) groups excluding carboxylic acids is 1. The standard InChI is InChI=1S/C34H31BrClN3O2S/c1-34(2,3)24-8-14-28-30(17-24)42-33(31(28)32(40)39-27-12-10-26(36)11-13-27)38-19-23-16-25(35)9-15-29(23)41-20-22-7-5-4-6-21(22)18-37/h4-7,9-13,15-16,19,24H,8,14,17,20H2,1-3H3,(H,39,40)/t24-/m0/s1. The molecule has 0 unspecified atom stereocenters. The molecule has 0 fully saturated rings. The summed E-state index contributed by atoms with van der Waals surface area (Å²) in [5.41, 5.74) is 4.76. The van der Waals surface area contributed by atoms with Gasteiger partial charge in [0.15, 0.2) is 0 Å². The van der Waals surface area contributed by atoms with Crippen LogP contribution in [0.25, 0.3) is 0 Å². The lowest BCUT2D eigenvalue weighted by Gasteiger charge is -2.33. The number of aliphatic imine (C=N–C) groups is 1. The Hall–Kier alpha value is -3.44. The van der Waals surface area contributed by atoms with E-state index in [9.17, 15) is 10.1 Å². The summed E-state index contributed by atoms with van der Waals surface area (Å²) < 4.78 is 7.04. The zero-order valence-electron chi connectivity index (χ0n) is 23.7. The topological polar surface area (TPSA) is 74.5 Å². The van der Waals surface area contributed by atoms with Gasteiger partial charge in [0.25, 0.3) is 5.91 Å². The van der Waals surface area contributed by atoms with E-state index >= 15 is 0 Å². The number of nitrogens with one attached hydrogen (secondary N) is 1. The number of fused-ring (bicyclic) bond motifs is 1. The fraction of sp³-hybridized carbons (Fsp3) is 0.265. The predicted molar refractivity (Wildman–Crippen MR) is 176 cm³/mol. The molecule has 5 rings (SSSR count). The van der Waals surface area contributed by atoms with Gasteiger partial charge in [0.2, 0.25) is 0 Å². The highest BCUT2D eigenvalue weighted by Gasteiger charge is 2.33. The number of nitriles is 1. The van der Waals surface area contributed by atoms with E-state index < -0.39 is 0 Å². The van der Waals surface area contributed by atoms with Crippen LogP contribution in [-0.4, -0.2) is 12.1 Å². The highest BCUT2D eigenvalue weighted by Crippen LogP contribution is 2.45. The highest BCUT2D eigenvalue weighted by atomic mass is 79.9. The Morgan fingerprint density at radius 2 is 1.95 bits per heavy atom. The van der Waals surface area contributed by atoms with Gasteiger partial charge in [-0.25, -0.2) is 4.99 Å². The molecule has 1 aliphatic rings. The van der Waals surface area contributed by atoms with Crippen molar-refractivity contribution >= 4 is 61.7 Å². The maximum absolute atomic E-state index is 13.7. The number of hydrogen-bond acceptors (Lipinski definition) is 5. The van der Waals surface area contributed by atoms with Crippen LogP contribution in [0.5, 0.6) is 5.75 Å². The van der Waals surface area contributed by atoms with Crippen LogP contribution in [0.2, 0.25) is 5.02 Å². The number of thiophene rings is 1. The van der Waals surface area contributed by atoms with Gasteiger partial charge in [0, 0.05) is 37.4 Å². The highest BCUT2D eigenvalue weighted by molar-refractivity contribution is 9.10. The summed E-state index contributed by atoms with van der Waals surface area (Å²) in [6.07, 6.45) is 4.57. The van der Waals surface area contributed by atoms with Gasteiger partial charge < -0.3 is 10.1 Å². The van der Waals surface area contributed by atoms with Crippen LogP contribution >= 0.6 is 38.9 Å². The van der Waals surface area contributed by atoms with E-state index in [1.807, 2.05) is 36.4 Å². The van der Waals surface area contributed by atoms with E-state index in [1.165, 1.54) is 4.88 Å². The van der Waals surface area contributed by atoms with Crippen molar-refractivity contribution in [2.45, 2.75) is 46.6 Å². The minimum atomic E-state index is -0.171. The summed E-state index contributed by atoms with van der Waals surface area (Å²) in [5.74, 6) is 1.00. The molecule has 1 atom stereocenters. The number of nitrogens with zero attached hydrogens (tertiary/aromatic N) is 2. The van der Waals surface area contributed by atoms with Crippen LogP contribution in [0, 0.1) is 22.7 Å². The lowest BCUT2D eigenvalue weighted by Crippen LogP contribution is -2.27. The van der Waals surface area contributed by atoms with Crippen molar-refractivity contribution in [1.82, 2.24) is 0 Å². The maximum atomic E-state index is 13.7.